The van der Waals surface area contributed by atoms with E-state index in [0.717, 1.165) is 27.0 Å². The van der Waals surface area contributed by atoms with Gasteiger partial charge < -0.3 is 4.74 Å². The zero-order chi connectivity index (χ0) is 23.2. The lowest BCUT2D eigenvalue weighted by Crippen LogP contribution is -2.59. The second kappa shape index (κ2) is 8.52. The summed E-state index contributed by atoms with van der Waals surface area (Å²) >= 11 is -4.49. The van der Waals surface area contributed by atoms with Gasteiger partial charge in [0.25, 0.3) is 0 Å². The lowest BCUT2D eigenvalue weighted by Gasteiger charge is -2.20. The summed E-state index contributed by atoms with van der Waals surface area (Å²) in [6.07, 6.45) is 0. The molecule has 0 saturated carbocycles. The van der Waals surface area contributed by atoms with E-state index in [2.05, 4.69) is 0 Å². The number of rotatable bonds is 4. The lowest BCUT2D eigenvalue weighted by atomic mass is 10.2. The van der Waals surface area contributed by atoms with Crippen molar-refractivity contribution in [1.29, 1.82) is 0 Å². The van der Waals surface area contributed by atoms with Gasteiger partial charge in [-0.1, -0.05) is 0 Å². The SMILES string of the molecule is COc1ccc(F)[c]([Al]([c]2c(F)cc(C)c(F)c2F)[c]2c(F)cc(C)c(F)c2F)c1F. The summed E-state index contributed by atoms with van der Waals surface area (Å²) in [5.74, 6) is -13.3. The molecule has 0 heterocycles. The van der Waals surface area contributed by atoms with E-state index in [1.165, 1.54) is 0 Å². The fourth-order valence-corrected chi connectivity index (χ4v) is 6.50. The maximum atomic E-state index is 15.0. The average Bonchev–Trinajstić information content (AvgIpc) is 2.70. The van der Waals surface area contributed by atoms with E-state index in [0.29, 0.717) is 18.2 Å². The minimum Gasteiger partial charge on any atom is -0.494 e. The van der Waals surface area contributed by atoms with Crippen LogP contribution in [0.15, 0.2) is 24.3 Å². The Balaban J connectivity index is 2.54. The molecule has 3 aromatic carbocycles. The minimum absolute atomic E-state index is 0.478. The Morgan fingerprint density at radius 3 is 1.42 bits per heavy atom. The molecule has 0 radical (unpaired) electrons. The topological polar surface area (TPSA) is 9.23 Å². The fourth-order valence-electron chi connectivity index (χ4n) is 3.39. The van der Waals surface area contributed by atoms with E-state index < -0.39 is 90.8 Å². The van der Waals surface area contributed by atoms with Gasteiger partial charge in [-0.15, -0.1) is 0 Å². The Morgan fingerprint density at radius 2 is 1.00 bits per heavy atom. The first-order valence-electron chi connectivity index (χ1n) is 8.81. The molecule has 3 aromatic rings. The molecule has 3 rings (SSSR count). The third-order valence-electron chi connectivity index (χ3n) is 4.93. The molecule has 0 spiro atoms. The first kappa shape index (κ1) is 23.1. The second-order valence-corrected chi connectivity index (χ2v) is 9.44. The van der Waals surface area contributed by atoms with Gasteiger partial charge in [-0.3, -0.25) is 0 Å². The van der Waals surface area contributed by atoms with Gasteiger partial charge in [-0.2, -0.15) is 0 Å². The maximum Gasteiger partial charge on any atom is 0.412 e. The molecule has 0 saturated heterocycles. The standard InChI is InChI=1S/2C7H4F3.C7H5F2O.Al/c2*1-4-2-5(8)3-6(9)7(4)10;1-10-7-3-2-5(8)4-6(7)9;/h2*2H,1H3;2-3H,1H3;. The van der Waals surface area contributed by atoms with Crippen molar-refractivity contribution < 1.29 is 39.9 Å². The molecule has 0 aliphatic carbocycles. The van der Waals surface area contributed by atoms with E-state index in [-0.39, 0.29) is 0 Å². The molecule has 10 heteroatoms. The molecule has 0 amide bonds. The van der Waals surface area contributed by atoms with E-state index in [9.17, 15) is 30.7 Å². The molecular formula is C21H13AlF8O. The molecule has 0 bridgehead atoms. The molecule has 31 heavy (non-hydrogen) atoms. The highest BCUT2D eigenvalue weighted by Gasteiger charge is 2.42. The molecule has 0 fully saturated rings. The van der Waals surface area contributed by atoms with Gasteiger partial charge in [-0.05, 0) is 62.5 Å². The van der Waals surface area contributed by atoms with Gasteiger partial charge in [0, 0.05) is 0 Å². The van der Waals surface area contributed by atoms with Crippen LogP contribution in [0.3, 0.4) is 0 Å². The van der Waals surface area contributed by atoms with Crippen LogP contribution in [-0.4, -0.2) is 21.3 Å². The Kier molecular flexibility index (Phi) is 6.35. The highest BCUT2D eigenvalue weighted by Crippen LogP contribution is 2.21. The summed E-state index contributed by atoms with van der Waals surface area (Å²) in [6.45, 7) is 2.06. The summed E-state index contributed by atoms with van der Waals surface area (Å²) < 4.78 is 119. The molecular weight excluding hydrogens is 447 g/mol. The fraction of sp³-hybridized carbons (Fsp3) is 0.143. The zero-order valence-corrected chi connectivity index (χ0v) is 17.5. The van der Waals surface area contributed by atoms with Crippen LogP contribution in [0.5, 0.6) is 5.75 Å². The molecule has 0 unspecified atom stereocenters. The van der Waals surface area contributed by atoms with Crippen molar-refractivity contribution in [2.24, 2.45) is 0 Å². The van der Waals surface area contributed by atoms with Gasteiger partial charge in [0.15, 0.2) is 23.2 Å². The first-order valence-corrected chi connectivity index (χ1v) is 10.5. The van der Waals surface area contributed by atoms with Crippen molar-refractivity contribution in [3.63, 3.8) is 0 Å². The highest BCUT2D eigenvalue weighted by atomic mass is 27.2. The van der Waals surface area contributed by atoms with Crippen LogP contribution in [0.4, 0.5) is 35.1 Å². The van der Waals surface area contributed by atoms with Gasteiger partial charge >= 0.3 is 14.1 Å². The number of hydrogen-bond donors (Lipinski definition) is 0. The molecule has 0 aromatic heterocycles. The average molecular weight is 460 g/mol. The van der Waals surface area contributed by atoms with E-state index in [1.807, 2.05) is 0 Å². The molecule has 0 atom stereocenters. The van der Waals surface area contributed by atoms with Gasteiger partial charge in [0.2, 0.25) is 0 Å². The third kappa shape index (κ3) is 3.79. The summed E-state index contributed by atoms with van der Waals surface area (Å²) in [7, 11) is 1.01. The third-order valence-corrected chi connectivity index (χ3v) is 8.25. The lowest BCUT2D eigenvalue weighted by molar-refractivity contribution is 0.386. The number of hydrogen-bond acceptors (Lipinski definition) is 1. The van der Waals surface area contributed by atoms with Crippen molar-refractivity contribution in [2.45, 2.75) is 13.8 Å². The first-order chi connectivity index (χ1) is 14.5. The van der Waals surface area contributed by atoms with Gasteiger partial charge in [-0.25, -0.2) is 35.1 Å². The van der Waals surface area contributed by atoms with Crippen molar-refractivity contribution in [2.75, 3.05) is 7.11 Å². The van der Waals surface area contributed by atoms with Crippen molar-refractivity contribution >= 4 is 27.4 Å². The number of ether oxygens (including phenoxy) is 1. The van der Waals surface area contributed by atoms with Crippen molar-refractivity contribution in [3.8, 4) is 5.75 Å². The summed E-state index contributed by atoms with van der Waals surface area (Å²) in [6, 6.07) is 2.58. The molecule has 0 aliphatic rings. The van der Waals surface area contributed by atoms with Crippen LogP contribution in [0.1, 0.15) is 11.1 Å². The quantitative estimate of drug-likeness (QED) is 0.326. The van der Waals surface area contributed by atoms with Gasteiger partial charge in [0.05, 0.1) is 7.11 Å². The smallest absolute Gasteiger partial charge is 0.412 e. The van der Waals surface area contributed by atoms with Crippen LogP contribution in [-0.2, 0) is 0 Å². The van der Waals surface area contributed by atoms with E-state index in [4.69, 9.17) is 4.74 Å². The van der Waals surface area contributed by atoms with Crippen molar-refractivity contribution in [3.05, 3.63) is 81.9 Å². The highest BCUT2D eigenvalue weighted by molar-refractivity contribution is 6.95. The predicted octanol–water partition coefficient (Wildman–Crippen LogP) is 3.94. The van der Waals surface area contributed by atoms with Crippen LogP contribution in [0.2, 0.25) is 0 Å². The molecule has 162 valence electrons. The van der Waals surface area contributed by atoms with Crippen molar-refractivity contribution in [1.82, 2.24) is 0 Å². The zero-order valence-electron chi connectivity index (χ0n) is 16.3. The normalized spacial score (nSPS) is 11.1. The monoisotopic (exact) mass is 460 g/mol. The van der Waals surface area contributed by atoms with E-state index >= 15 is 4.39 Å². The number of halogens is 8. The summed E-state index contributed by atoms with van der Waals surface area (Å²) in [5, 5.41) is 0. The summed E-state index contributed by atoms with van der Waals surface area (Å²) in [4.78, 5) is 0. The van der Waals surface area contributed by atoms with Crippen LogP contribution < -0.4 is 18.0 Å². The van der Waals surface area contributed by atoms with Gasteiger partial charge in [0.1, 0.15) is 29.1 Å². The van der Waals surface area contributed by atoms with Crippen LogP contribution >= 0.6 is 0 Å². The second-order valence-electron chi connectivity index (χ2n) is 6.84. The molecule has 1 nitrogen and oxygen atoms in total. The Morgan fingerprint density at radius 1 is 0.581 bits per heavy atom. The minimum atomic E-state index is -4.49. The number of benzene rings is 3. The largest absolute Gasteiger partial charge is 0.494 e. The predicted molar refractivity (Wildman–Crippen MR) is 99.7 cm³/mol. The Labute approximate surface area is 176 Å². The Hall–Kier alpha value is -2.57. The molecule has 0 aliphatic heterocycles. The number of aryl methyl sites for hydroxylation is 2. The molecule has 0 N–H and O–H groups in total. The van der Waals surface area contributed by atoms with E-state index in [1.54, 1.807) is 0 Å². The van der Waals surface area contributed by atoms with Crippen LogP contribution in [0.25, 0.3) is 0 Å². The van der Waals surface area contributed by atoms with Crippen LogP contribution in [0, 0.1) is 60.4 Å². The Bertz CT molecular complexity index is 1130. The summed E-state index contributed by atoms with van der Waals surface area (Å²) in [5.41, 5.74) is -0.955. The number of methoxy groups -OCH3 is 1. The maximum absolute atomic E-state index is 15.0.